The van der Waals surface area contributed by atoms with Crippen LogP contribution in [-0.4, -0.2) is 68.9 Å². The summed E-state index contributed by atoms with van der Waals surface area (Å²) in [7, 11) is 0. The molecule has 1 N–H and O–H groups in total. The lowest BCUT2D eigenvalue weighted by Gasteiger charge is -2.34. The molecule has 1 aromatic carbocycles. The summed E-state index contributed by atoms with van der Waals surface area (Å²) >= 11 is 0. The van der Waals surface area contributed by atoms with Gasteiger partial charge >= 0.3 is 0 Å². The molecule has 2 amide bonds. The monoisotopic (exact) mass is 488 g/mol. The average Bonchev–Trinajstić information content (AvgIpc) is 3.49. The Balaban J connectivity index is 1.09. The Kier molecular flexibility index (Phi) is 6.68. The molecule has 4 aromatic rings. The first-order valence-corrected chi connectivity index (χ1v) is 11.9. The van der Waals surface area contributed by atoms with Gasteiger partial charge in [0.15, 0.2) is 5.82 Å². The van der Waals surface area contributed by atoms with Crippen LogP contribution < -0.4 is 10.1 Å². The van der Waals surface area contributed by atoms with Gasteiger partial charge in [0.05, 0.1) is 12.2 Å². The molecule has 10 heteroatoms. The smallest absolute Gasteiger partial charge is 0.253 e. The fourth-order valence-electron chi connectivity index (χ4n) is 4.23. The lowest BCUT2D eigenvalue weighted by atomic mass is 10.1. The number of nitrogens with one attached hydrogen (secondary N) is 1. The van der Waals surface area contributed by atoms with Crippen molar-refractivity contribution >= 4 is 23.3 Å². The molecule has 5 rings (SSSR count). The molecule has 0 radical (unpaired) electrons. The van der Waals surface area contributed by atoms with Crippen LogP contribution in [0.1, 0.15) is 27.4 Å². The summed E-state index contributed by atoms with van der Waals surface area (Å²) in [6, 6.07) is 12.9. The number of carbonyl (C=O) groups excluding carboxylic acids is 2. The average molecular weight is 489 g/mol. The van der Waals surface area contributed by atoms with E-state index < -0.39 is 0 Å². The SMILES string of the molecule is Cc1cc(NC(=O)CN2CCN(C(=O)c3ccc(OCc4cn5cccc(C)c5n4)cc3)CC2)no1. The number of hydrogen-bond donors (Lipinski definition) is 1. The molecule has 4 heterocycles. The number of piperazine rings is 1. The predicted molar refractivity (Wildman–Crippen MR) is 133 cm³/mol. The van der Waals surface area contributed by atoms with Gasteiger partial charge in [-0.1, -0.05) is 11.2 Å². The first-order chi connectivity index (χ1) is 17.4. The zero-order valence-corrected chi connectivity index (χ0v) is 20.3. The van der Waals surface area contributed by atoms with E-state index in [-0.39, 0.29) is 18.4 Å². The molecule has 1 aliphatic heterocycles. The summed E-state index contributed by atoms with van der Waals surface area (Å²) in [5.74, 6) is 1.54. The number of aromatic nitrogens is 3. The molecule has 1 fully saturated rings. The van der Waals surface area contributed by atoms with Crippen molar-refractivity contribution in [1.82, 2.24) is 24.3 Å². The standard InChI is InChI=1S/C26H28N6O4/c1-18-4-3-9-32-15-21(27-25(18)32)17-35-22-7-5-20(6-8-22)26(34)31-12-10-30(11-13-31)16-24(33)28-23-14-19(2)36-29-23/h3-9,14-15H,10-13,16-17H2,1-2H3,(H,28,29,33). The second-order valence-corrected chi connectivity index (χ2v) is 8.91. The fraction of sp³-hybridized carbons (Fsp3) is 0.308. The number of rotatable bonds is 7. The van der Waals surface area contributed by atoms with E-state index in [1.165, 1.54) is 0 Å². The number of nitrogens with zero attached hydrogens (tertiary/aromatic N) is 5. The van der Waals surface area contributed by atoms with Gasteiger partial charge in [-0.2, -0.15) is 0 Å². The summed E-state index contributed by atoms with van der Waals surface area (Å²) in [6.07, 6.45) is 3.92. The highest BCUT2D eigenvalue weighted by Crippen LogP contribution is 2.17. The van der Waals surface area contributed by atoms with Gasteiger partial charge in [0.2, 0.25) is 5.91 Å². The summed E-state index contributed by atoms with van der Waals surface area (Å²) < 4.78 is 12.8. The topological polar surface area (TPSA) is 105 Å². The molecule has 3 aromatic heterocycles. The van der Waals surface area contributed by atoms with Gasteiger partial charge < -0.3 is 23.9 Å². The van der Waals surface area contributed by atoms with Gasteiger partial charge in [-0.3, -0.25) is 14.5 Å². The van der Waals surface area contributed by atoms with Gasteiger partial charge in [-0.05, 0) is 49.7 Å². The van der Waals surface area contributed by atoms with Crippen molar-refractivity contribution in [1.29, 1.82) is 0 Å². The summed E-state index contributed by atoms with van der Waals surface area (Å²) in [4.78, 5) is 33.6. The number of imidazole rings is 1. The van der Waals surface area contributed by atoms with Crippen LogP contribution in [0.4, 0.5) is 5.82 Å². The first kappa shape index (κ1) is 23.6. The molecule has 10 nitrogen and oxygen atoms in total. The minimum Gasteiger partial charge on any atom is -0.487 e. The van der Waals surface area contributed by atoms with Crippen molar-refractivity contribution in [3.63, 3.8) is 0 Å². The number of benzene rings is 1. The molecular formula is C26H28N6O4. The van der Waals surface area contributed by atoms with E-state index in [4.69, 9.17) is 9.26 Å². The van der Waals surface area contributed by atoms with Crippen LogP contribution in [0.5, 0.6) is 5.75 Å². The van der Waals surface area contributed by atoms with E-state index in [0.717, 1.165) is 16.9 Å². The molecule has 0 unspecified atom stereocenters. The van der Waals surface area contributed by atoms with Crippen molar-refractivity contribution in [2.75, 3.05) is 38.0 Å². The number of aryl methyl sites for hydroxylation is 2. The molecular weight excluding hydrogens is 460 g/mol. The number of pyridine rings is 1. The predicted octanol–water partition coefficient (Wildman–Crippen LogP) is 2.91. The molecule has 0 spiro atoms. The molecule has 0 saturated carbocycles. The van der Waals surface area contributed by atoms with Gasteiger partial charge in [0.25, 0.3) is 5.91 Å². The maximum absolute atomic E-state index is 12.9. The Bertz CT molecular complexity index is 1370. The highest BCUT2D eigenvalue weighted by molar-refractivity contribution is 5.94. The Hall–Kier alpha value is -4.18. The molecule has 0 aliphatic carbocycles. The summed E-state index contributed by atoms with van der Waals surface area (Å²) in [6.45, 7) is 6.74. The number of ether oxygens (including phenoxy) is 1. The first-order valence-electron chi connectivity index (χ1n) is 11.9. The zero-order valence-electron chi connectivity index (χ0n) is 20.3. The molecule has 36 heavy (non-hydrogen) atoms. The third-order valence-corrected chi connectivity index (χ3v) is 6.14. The molecule has 0 bridgehead atoms. The van der Waals surface area contributed by atoms with Crippen LogP contribution in [0.3, 0.4) is 0 Å². The van der Waals surface area contributed by atoms with Crippen molar-refractivity contribution in [2.45, 2.75) is 20.5 Å². The normalized spacial score (nSPS) is 14.2. The van der Waals surface area contributed by atoms with E-state index in [2.05, 4.69) is 15.5 Å². The molecule has 186 valence electrons. The van der Waals surface area contributed by atoms with Crippen molar-refractivity contribution in [2.24, 2.45) is 0 Å². The van der Waals surface area contributed by atoms with Crippen LogP contribution in [0.2, 0.25) is 0 Å². The maximum atomic E-state index is 12.9. The van der Waals surface area contributed by atoms with Crippen LogP contribution in [0.15, 0.2) is 59.4 Å². The Morgan fingerprint density at radius 2 is 1.86 bits per heavy atom. The molecule has 1 aliphatic rings. The van der Waals surface area contributed by atoms with Gasteiger partial charge in [0, 0.05) is 50.2 Å². The quantitative estimate of drug-likeness (QED) is 0.426. The minimum atomic E-state index is -0.155. The largest absolute Gasteiger partial charge is 0.487 e. The van der Waals surface area contributed by atoms with E-state index in [1.807, 2.05) is 45.7 Å². The third-order valence-electron chi connectivity index (χ3n) is 6.14. The van der Waals surface area contributed by atoms with Crippen LogP contribution in [0.25, 0.3) is 5.65 Å². The lowest BCUT2D eigenvalue weighted by molar-refractivity contribution is -0.117. The van der Waals surface area contributed by atoms with Crippen LogP contribution in [0, 0.1) is 13.8 Å². The van der Waals surface area contributed by atoms with Crippen molar-refractivity contribution in [3.05, 3.63) is 77.4 Å². The number of carbonyl (C=O) groups is 2. The van der Waals surface area contributed by atoms with Crippen LogP contribution in [-0.2, 0) is 11.4 Å². The summed E-state index contributed by atoms with van der Waals surface area (Å²) in [5.41, 5.74) is 3.48. The minimum absolute atomic E-state index is 0.0282. The van der Waals surface area contributed by atoms with E-state index in [0.29, 0.717) is 55.7 Å². The van der Waals surface area contributed by atoms with E-state index in [1.54, 1.807) is 37.3 Å². The van der Waals surface area contributed by atoms with Crippen molar-refractivity contribution < 1.29 is 18.8 Å². The van der Waals surface area contributed by atoms with E-state index in [9.17, 15) is 9.59 Å². The Labute approximate surface area is 208 Å². The zero-order chi connectivity index (χ0) is 25.1. The van der Waals surface area contributed by atoms with E-state index >= 15 is 0 Å². The van der Waals surface area contributed by atoms with Crippen molar-refractivity contribution in [3.8, 4) is 5.75 Å². The Morgan fingerprint density at radius 1 is 1.08 bits per heavy atom. The van der Waals surface area contributed by atoms with Crippen LogP contribution >= 0.6 is 0 Å². The molecule has 0 atom stereocenters. The number of anilines is 1. The van der Waals surface area contributed by atoms with Gasteiger partial charge in [0.1, 0.15) is 23.8 Å². The number of amides is 2. The highest BCUT2D eigenvalue weighted by atomic mass is 16.5. The molecule has 1 saturated heterocycles. The summed E-state index contributed by atoms with van der Waals surface area (Å²) in [5, 5.41) is 6.49. The van der Waals surface area contributed by atoms with Gasteiger partial charge in [-0.15, -0.1) is 0 Å². The second kappa shape index (κ2) is 10.2. The Morgan fingerprint density at radius 3 is 2.56 bits per heavy atom. The highest BCUT2D eigenvalue weighted by Gasteiger charge is 2.23. The number of fused-ring (bicyclic) bond motifs is 1. The second-order valence-electron chi connectivity index (χ2n) is 8.91. The number of hydrogen-bond acceptors (Lipinski definition) is 7. The maximum Gasteiger partial charge on any atom is 0.253 e. The van der Waals surface area contributed by atoms with Gasteiger partial charge in [-0.25, -0.2) is 4.98 Å². The fourth-order valence-corrected chi connectivity index (χ4v) is 4.23. The lowest BCUT2D eigenvalue weighted by Crippen LogP contribution is -2.50. The third kappa shape index (κ3) is 5.38.